The monoisotopic (exact) mass is 487 g/mol. The Morgan fingerprint density at radius 2 is 1.83 bits per heavy atom. The number of aromatic carboxylic acids is 1. The van der Waals surface area contributed by atoms with Crippen LogP contribution in [0.3, 0.4) is 0 Å². The molecule has 0 radical (unpaired) electrons. The molecule has 1 aliphatic rings. The number of anilines is 1. The van der Waals surface area contributed by atoms with Gasteiger partial charge in [0.2, 0.25) is 11.8 Å². The van der Waals surface area contributed by atoms with Crippen LogP contribution in [-0.4, -0.2) is 42.8 Å². The van der Waals surface area contributed by atoms with Crippen molar-refractivity contribution >= 4 is 28.8 Å². The zero-order valence-corrected chi connectivity index (χ0v) is 20.6. The van der Waals surface area contributed by atoms with Crippen LogP contribution in [0.1, 0.15) is 56.8 Å². The van der Waals surface area contributed by atoms with Gasteiger partial charge in [-0.3, -0.25) is 14.7 Å². The van der Waals surface area contributed by atoms with E-state index in [0.29, 0.717) is 23.1 Å². The van der Waals surface area contributed by atoms with E-state index < -0.39 is 5.97 Å². The first kappa shape index (κ1) is 23.7. The quantitative estimate of drug-likeness (QED) is 0.390. The number of amides is 1. The van der Waals surface area contributed by atoms with Crippen molar-refractivity contribution in [1.29, 1.82) is 0 Å². The topological polar surface area (TPSA) is 114 Å². The van der Waals surface area contributed by atoms with Crippen molar-refractivity contribution in [3.05, 3.63) is 54.5 Å². The highest BCUT2D eigenvalue weighted by atomic mass is 16.4. The second-order valence-corrected chi connectivity index (χ2v) is 9.78. The van der Waals surface area contributed by atoms with E-state index in [1.807, 2.05) is 38.1 Å². The van der Waals surface area contributed by atoms with Crippen molar-refractivity contribution in [2.45, 2.75) is 52.5 Å². The molecule has 1 fully saturated rings. The molecule has 5 rings (SSSR count). The third-order valence-corrected chi connectivity index (χ3v) is 6.84. The van der Waals surface area contributed by atoms with Crippen molar-refractivity contribution in [1.82, 2.24) is 19.7 Å². The number of carbonyl (C=O) groups excluding carboxylic acids is 1. The van der Waals surface area contributed by atoms with Gasteiger partial charge in [-0.1, -0.05) is 6.92 Å². The molecule has 0 atom stereocenters. The first-order chi connectivity index (χ1) is 17.3. The minimum atomic E-state index is -1.12. The maximum Gasteiger partial charge on any atom is 0.341 e. The van der Waals surface area contributed by atoms with Gasteiger partial charge in [-0.15, -0.1) is 5.10 Å². The number of nitrogens with zero attached hydrogens (tertiary/aromatic N) is 5. The van der Waals surface area contributed by atoms with Crippen LogP contribution < -0.4 is 4.90 Å². The van der Waals surface area contributed by atoms with E-state index >= 15 is 0 Å². The highest BCUT2D eigenvalue weighted by molar-refractivity contribution is 6.01. The average Bonchev–Trinajstić information content (AvgIpc) is 3.49. The maximum absolute atomic E-state index is 13.5. The molecule has 9 heteroatoms. The Bertz CT molecular complexity index is 1360. The van der Waals surface area contributed by atoms with Crippen LogP contribution >= 0.6 is 0 Å². The Morgan fingerprint density at radius 3 is 2.47 bits per heavy atom. The third kappa shape index (κ3) is 4.48. The summed E-state index contributed by atoms with van der Waals surface area (Å²) in [6.45, 7) is 5.98. The lowest BCUT2D eigenvalue weighted by Crippen LogP contribution is -2.43. The lowest BCUT2D eigenvalue weighted by molar-refractivity contribution is -0.124. The van der Waals surface area contributed by atoms with Crippen molar-refractivity contribution in [3.8, 4) is 17.1 Å². The standard InChI is InChI=1S/C27H29N5O4/c1-16(2)32(26(33)19-6-4-17(3)5-7-19)24-21(27(34)35)15-31(30-24)20-10-8-18(9-11-20)25-29-22-12-13-28-14-23(22)36-25/h8-17,19H,4-7H2,1-3H3,(H,34,35)/t17-,19-. The van der Waals surface area contributed by atoms with E-state index in [1.165, 1.54) is 10.9 Å². The van der Waals surface area contributed by atoms with Crippen LogP contribution in [0.5, 0.6) is 0 Å². The van der Waals surface area contributed by atoms with Crippen LogP contribution in [0, 0.1) is 11.8 Å². The SMILES string of the molecule is CC(C)N(c1nn(-c2ccc(-c3nc4ccncc4o3)cc2)cc1C(=O)O)C(=O)[C@H]1CC[C@H](C)CC1. The molecule has 186 valence electrons. The van der Waals surface area contributed by atoms with Gasteiger partial charge in [0.05, 0.1) is 11.9 Å². The van der Waals surface area contributed by atoms with Crippen LogP contribution in [0.4, 0.5) is 5.82 Å². The van der Waals surface area contributed by atoms with Gasteiger partial charge in [0, 0.05) is 29.9 Å². The molecule has 1 aromatic carbocycles. The Morgan fingerprint density at radius 1 is 1.11 bits per heavy atom. The maximum atomic E-state index is 13.5. The molecule has 3 heterocycles. The predicted molar refractivity (Wildman–Crippen MR) is 135 cm³/mol. The highest BCUT2D eigenvalue weighted by Gasteiger charge is 2.34. The van der Waals surface area contributed by atoms with E-state index in [2.05, 4.69) is 22.0 Å². The number of rotatable bonds is 6. The van der Waals surface area contributed by atoms with Gasteiger partial charge in [0.1, 0.15) is 11.1 Å². The molecule has 0 spiro atoms. The minimum Gasteiger partial charge on any atom is -0.477 e. The summed E-state index contributed by atoms with van der Waals surface area (Å²) in [5.74, 6) is -0.0213. The predicted octanol–water partition coefficient (Wildman–Crippen LogP) is 5.34. The molecule has 36 heavy (non-hydrogen) atoms. The highest BCUT2D eigenvalue weighted by Crippen LogP contribution is 2.33. The largest absolute Gasteiger partial charge is 0.477 e. The molecule has 0 unspecified atom stereocenters. The lowest BCUT2D eigenvalue weighted by atomic mass is 9.82. The summed E-state index contributed by atoms with van der Waals surface area (Å²) in [5.41, 5.74) is 2.75. The van der Waals surface area contributed by atoms with Crippen LogP contribution in [-0.2, 0) is 4.79 Å². The summed E-state index contributed by atoms with van der Waals surface area (Å²) in [6, 6.07) is 8.86. The number of carbonyl (C=O) groups is 2. The molecule has 9 nitrogen and oxygen atoms in total. The molecule has 0 saturated heterocycles. The van der Waals surface area contributed by atoms with Gasteiger partial charge >= 0.3 is 5.97 Å². The normalized spacial score (nSPS) is 18.0. The zero-order valence-electron chi connectivity index (χ0n) is 20.6. The molecule has 1 N–H and O–H groups in total. The van der Waals surface area contributed by atoms with E-state index in [9.17, 15) is 14.7 Å². The van der Waals surface area contributed by atoms with E-state index in [-0.39, 0.29) is 29.2 Å². The van der Waals surface area contributed by atoms with Gasteiger partial charge in [-0.05, 0) is 75.8 Å². The van der Waals surface area contributed by atoms with Crippen molar-refractivity contribution in [3.63, 3.8) is 0 Å². The first-order valence-corrected chi connectivity index (χ1v) is 12.3. The summed E-state index contributed by atoms with van der Waals surface area (Å²) in [4.78, 5) is 35.7. The summed E-state index contributed by atoms with van der Waals surface area (Å²) >= 11 is 0. The second-order valence-electron chi connectivity index (χ2n) is 9.78. The summed E-state index contributed by atoms with van der Waals surface area (Å²) in [5, 5.41) is 14.5. The Balaban J connectivity index is 1.46. The number of carboxylic acids is 1. The number of fused-ring (bicyclic) bond motifs is 1. The van der Waals surface area contributed by atoms with Gasteiger partial charge in [-0.2, -0.15) is 0 Å². The first-order valence-electron chi connectivity index (χ1n) is 12.3. The fourth-order valence-corrected chi connectivity index (χ4v) is 4.79. The van der Waals surface area contributed by atoms with E-state index in [1.54, 1.807) is 23.4 Å². The van der Waals surface area contributed by atoms with Gasteiger partial charge < -0.3 is 9.52 Å². The zero-order chi connectivity index (χ0) is 25.4. The fraction of sp³-hybridized carbons (Fsp3) is 0.370. The Hall–Kier alpha value is -4.01. The molecule has 1 amide bonds. The number of hydrogen-bond acceptors (Lipinski definition) is 6. The Kier molecular flexibility index (Phi) is 6.30. The number of pyridine rings is 1. The Labute approximate surface area is 208 Å². The lowest BCUT2D eigenvalue weighted by Gasteiger charge is -2.32. The molecular weight excluding hydrogens is 458 g/mol. The molecule has 4 aromatic rings. The molecule has 3 aromatic heterocycles. The van der Waals surface area contributed by atoms with E-state index in [4.69, 9.17) is 4.42 Å². The number of hydrogen-bond donors (Lipinski definition) is 1. The molecule has 1 saturated carbocycles. The van der Waals surface area contributed by atoms with Gasteiger partial charge in [-0.25, -0.2) is 14.5 Å². The summed E-state index contributed by atoms with van der Waals surface area (Å²) in [6.07, 6.45) is 8.39. The fourth-order valence-electron chi connectivity index (χ4n) is 4.79. The third-order valence-electron chi connectivity index (χ3n) is 6.84. The van der Waals surface area contributed by atoms with E-state index in [0.717, 1.165) is 36.8 Å². The number of carboxylic acid groups (broad SMARTS) is 1. The summed E-state index contributed by atoms with van der Waals surface area (Å²) in [7, 11) is 0. The van der Waals surface area contributed by atoms with Crippen molar-refractivity contribution < 1.29 is 19.1 Å². The van der Waals surface area contributed by atoms with Gasteiger partial charge in [0.15, 0.2) is 11.4 Å². The van der Waals surface area contributed by atoms with Crippen LogP contribution in [0.15, 0.2) is 53.3 Å². The number of aromatic nitrogens is 4. The minimum absolute atomic E-state index is 0.00300. The number of benzene rings is 1. The molecular formula is C27H29N5O4. The van der Waals surface area contributed by atoms with Gasteiger partial charge in [0.25, 0.3) is 0 Å². The van der Waals surface area contributed by atoms with Crippen molar-refractivity contribution in [2.24, 2.45) is 11.8 Å². The smallest absolute Gasteiger partial charge is 0.341 e. The van der Waals surface area contributed by atoms with Crippen LogP contribution in [0.25, 0.3) is 28.2 Å². The van der Waals surface area contributed by atoms with Crippen LogP contribution in [0.2, 0.25) is 0 Å². The summed E-state index contributed by atoms with van der Waals surface area (Å²) < 4.78 is 7.29. The van der Waals surface area contributed by atoms with Crippen molar-refractivity contribution in [2.75, 3.05) is 4.90 Å². The second kappa shape index (κ2) is 9.56. The average molecular weight is 488 g/mol. The number of oxazole rings is 1. The molecule has 0 aliphatic heterocycles. The molecule has 0 bridgehead atoms. The molecule has 1 aliphatic carbocycles.